The van der Waals surface area contributed by atoms with Crippen molar-refractivity contribution >= 4 is 39.3 Å². The number of sulfonamides is 1. The fraction of sp³-hybridized carbons (Fsp3) is 0.556. The average Bonchev–Trinajstić information content (AvgIpc) is 2.68. The smallest absolute Gasteiger partial charge is 0.254 e. The van der Waals surface area contributed by atoms with Gasteiger partial charge in [0, 0.05) is 50.4 Å². The predicted molar refractivity (Wildman–Crippen MR) is 108 cm³/mol. The maximum absolute atomic E-state index is 12.8. The van der Waals surface area contributed by atoms with E-state index in [0.29, 0.717) is 37.4 Å². The number of amides is 2. The number of benzene rings is 1. The van der Waals surface area contributed by atoms with Gasteiger partial charge in [-0.25, -0.2) is 8.42 Å². The molecule has 28 heavy (non-hydrogen) atoms. The first kappa shape index (κ1) is 21.1. The second-order valence-corrected chi connectivity index (χ2v) is 10.3. The van der Waals surface area contributed by atoms with E-state index in [2.05, 4.69) is 5.32 Å². The highest BCUT2D eigenvalue weighted by Crippen LogP contribution is 2.36. The zero-order valence-corrected chi connectivity index (χ0v) is 17.6. The highest BCUT2D eigenvalue weighted by molar-refractivity contribution is 8.01. The normalized spacial score (nSPS) is 20.6. The lowest BCUT2D eigenvalue weighted by atomic mass is 10.1. The second-order valence-electron chi connectivity index (χ2n) is 6.81. The number of ether oxygens (including phenoxy) is 1. The molecule has 1 aromatic carbocycles. The minimum Gasteiger partial charge on any atom is -0.385 e. The number of carbonyl (C=O) groups excluding carboxylic acids is 2. The largest absolute Gasteiger partial charge is 0.385 e. The van der Waals surface area contributed by atoms with Gasteiger partial charge in [-0.3, -0.25) is 9.59 Å². The Morgan fingerprint density at radius 1 is 1.29 bits per heavy atom. The molecule has 0 saturated carbocycles. The van der Waals surface area contributed by atoms with Gasteiger partial charge in [-0.15, -0.1) is 11.8 Å². The Morgan fingerprint density at radius 2 is 2.00 bits per heavy atom. The summed E-state index contributed by atoms with van der Waals surface area (Å²) in [5.74, 6) is -0.179. The molecule has 1 fully saturated rings. The Morgan fingerprint density at radius 3 is 2.68 bits per heavy atom. The zero-order chi connectivity index (χ0) is 20.3. The van der Waals surface area contributed by atoms with Crippen molar-refractivity contribution in [3.63, 3.8) is 0 Å². The predicted octanol–water partition coefficient (Wildman–Crippen LogP) is 1.24. The molecule has 1 saturated heterocycles. The number of methoxy groups -OCH3 is 1. The molecule has 2 heterocycles. The van der Waals surface area contributed by atoms with Gasteiger partial charge in [0.2, 0.25) is 15.9 Å². The van der Waals surface area contributed by atoms with Crippen molar-refractivity contribution in [2.75, 3.05) is 51.0 Å². The highest BCUT2D eigenvalue weighted by Gasteiger charge is 2.30. The van der Waals surface area contributed by atoms with Crippen molar-refractivity contribution in [3.8, 4) is 0 Å². The lowest BCUT2D eigenvalue weighted by molar-refractivity contribution is -0.115. The third-order valence-electron chi connectivity index (χ3n) is 4.83. The molecule has 154 valence electrons. The molecule has 0 radical (unpaired) electrons. The van der Waals surface area contributed by atoms with Gasteiger partial charge in [0.15, 0.2) is 0 Å². The summed E-state index contributed by atoms with van der Waals surface area (Å²) in [5.41, 5.74) is 1.14. The standard InChI is InChI=1S/C18H25N3O5S2/c1-13-17(22)19-15-12-14(4-5-16(15)27-13)18(23)20-6-8-21(9-7-20)28(24,25)11-3-10-26-2/h4-5,12-13H,3,6-11H2,1-2H3,(H,19,22)/t13-/m1/s1. The molecule has 0 bridgehead atoms. The number of rotatable bonds is 6. The van der Waals surface area contributed by atoms with Crippen LogP contribution in [0.3, 0.4) is 0 Å². The molecule has 2 amide bonds. The van der Waals surface area contributed by atoms with E-state index in [0.717, 1.165) is 4.90 Å². The van der Waals surface area contributed by atoms with Crippen LogP contribution in [0.25, 0.3) is 0 Å². The van der Waals surface area contributed by atoms with E-state index < -0.39 is 10.0 Å². The number of piperazine rings is 1. The Hall–Kier alpha value is -1.62. The lowest BCUT2D eigenvalue weighted by Gasteiger charge is -2.34. The van der Waals surface area contributed by atoms with Gasteiger partial charge in [-0.05, 0) is 31.5 Å². The van der Waals surface area contributed by atoms with E-state index >= 15 is 0 Å². The number of fused-ring (bicyclic) bond motifs is 1. The molecule has 2 aliphatic rings. The van der Waals surface area contributed by atoms with E-state index in [1.807, 2.05) is 13.0 Å². The van der Waals surface area contributed by atoms with Crippen LogP contribution in [0.1, 0.15) is 23.7 Å². The van der Waals surface area contributed by atoms with E-state index in [1.165, 1.54) is 16.1 Å². The van der Waals surface area contributed by atoms with Gasteiger partial charge < -0.3 is 15.0 Å². The van der Waals surface area contributed by atoms with Crippen LogP contribution >= 0.6 is 11.8 Å². The molecule has 1 atom stereocenters. The molecule has 2 aliphatic heterocycles. The summed E-state index contributed by atoms with van der Waals surface area (Å²) < 4.78 is 31.1. The summed E-state index contributed by atoms with van der Waals surface area (Å²) in [6.07, 6.45) is 0.454. The monoisotopic (exact) mass is 427 g/mol. The van der Waals surface area contributed by atoms with Crippen LogP contribution in [-0.2, 0) is 19.6 Å². The maximum Gasteiger partial charge on any atom is 0.254 e. The summed E-state index contributed by atoms with van der Waals surface area (Å²) in [4.78, 5) is 27.3. The van der Waals surface area contributed by atoms with Crippen LogP contribution in [0.15, 0.2) is 23.1 Å². The van der Waals surface area contributed by atoms with Crippen LogP contribution in [0.5, 0.6) is 0 Å². The third kappa shape index (κ3) is 4.68. The summed E-state index contributed by atoms with van der Waals surface area (Å²) in [6, 6.07) is 5.30. The van der Waals surface area contributed by atoms with E-state index in [-0.39, 0.29) is 35.9 Å². The number of thioether (sulfide) groups is 1. The first-order valence-electron chi connectivity index (χ1n) is 9.19. The average molecular weight is 428 g/mol. The Balaban J connectivity index is 1.61. The lowest BCUT2D eigenvalue weighted by Crippen LogP contribution is -2.51. The van der Waals surface area contributed by atoms with Crippen LogP contribution in [-0.4, -0.2) is 80.3 Å². The van der Waals surface area contributed by atoms with E-state index in [1.54, 1.807) is 24.1 Å². The first-order chi connectivity index (χ1) is 13.3. The summed E-state index contributed by atoms with van der Waals surface area (Å²) in [5, 5.41) is 2.67. The molecule has 1 N–H and O–H groups in total. The third-order valence-corrected chi connectivity index (χ3v) is 7.96. The fourth-order valence-corrected chi connectivity index (χ4v) is 5.60. The van der Waals surface area contributed by atoms with Gasteiger partial charge in [0.05, 0.1) is 16.7 Å². The van der Waals surface area contributed by atoms with Crippen molar-refractivity contribution in [2.24, 2.45) is 0 Å². The molecular formula is C18H25N3O5S2. The molecule has 10 heteroatoms. The van der Waals surface area contributed by atoms with E-state index in [4.69, 9.17) is 4.74 Å². The number of carbonyl (C=O) groups is 2. The molecular weight excluding hydrogens is 402 g/mol. The molecule has 1 aromatic rings. The Bertz CT molecular complexity index is 851. The zero-order valence-electron chi connectivity index (χ0n) is 16.0. The molecule has 0 aliphatic carbocycles. The van der Waals surface area contributed by atoms with Crippen molar-refractivity contribution in [1.82, 2.24) is 9.21 Å². The van der Waals surface area contributed by atoms with Gasteiger partial charge in [0.1, 0.15) is 0 Å². The summed E-state index contributed by atoms with van der Waals surface area (Å²) in [6.45, 7) is 3.51. The highest BCUT2D eigenvalue weighted by atomic mass is 32.2. The molecule has 0 unspecified atom stereocenters. The van der Waals surface area contributed by atoms with Crippen LogP contribution in [0.4, 0.5) is 5.69 Å². The quantitative estimate of drug-likeness (QED) is 0.687. The van der Waals surface area contributed by atoms with Crippen molar-refractivity contribution in [1.29, 1.82) is 0 Å². The number of hydrogen-bond donors (Lipinski definition) is 1. The van der Waals surface area contributed by atoms with Crippen molar-refractivity contribution < 1.29 is 22.7 Å². The summed E-state index contributed by atoms with van der Waals surface area (Å²) >= 11 is 1.47. The molecule has 0 aromatic heterocycles. The number of nitrogens with one attached hydrogen (secondary N) is 1. The van der Waals surface area contributed by atoms with Crippen LogP contribution in [0.2, 0.25) is 0 Å². The topological polar surface area (TPSA) is 96.0 Å². The Labute approximate surface area is 169 Å². The first-order valence-corrected chi connectivity index (χ1v) is 11.7. The second kappa shape index (κ2) is 8.81. The van der Waals surface area contributed by atoms with Gasteiger partial charge in [0.25, 0.3) is 5.91 Å². The number of nitrogens with zero attached hydrogens (tertiary/aromatic N) is 2. The van der Waals surface area contributed by atoms with Gasteiger partial charge in [-0.2, -0.15) is 4.31 Å². The van der Waals surface area contributed by atoms with Crippen molar-refractivity contribution in [2.45, 2.75) is 23.5 Å². The number of anilines is 1. The van der Waals surface area contributed by atoms with E-state index in [9.17, 15) is 18.0 Å². The molecule has 8 nitrogen and oxygen atoms in total. The SMILES string of the molecule is COCCCS(=O)(=O)N1CCN(C(=O)c2ccc3c(c2)NC(=O)[C@@H](C)S3)CC1. The molecule has 3 rings (SSSR count). The number of hydrogen-bond acceptors (Lipinski definition) is 6. The fourth-order valence-electron chi connectivity index (χ4n) is 3.21. The van der Waals surface area contributed by atoms with Gasteiger partial charge in [-0.1, -0.05) is 0 Å². The maximum atomic E-state index is 12.8. The minimum atomic E-state index is -3.33. The minimum absolute atomic E-state index is 0.0510. The van der Waals surface area contributed by atoms with Crippen LogP contribution in [0, 0.1) is 0 Å². The Kier molecular flexibility index (Phi) is 6.64. The van der Waals surface area contributed by atoms with Gasteiger partial charge >= 0.3 is 0 Å². The van der Waals surface area contributed by atoms with Crippen molar-refractivity contribution in [3.05, 3.63) is 23.8 Å². The van der Waals surface area contributed by atoms with Crippen LogP contribution < -0.4 is 5.32 Å². The summed E-state index contributed by atoms with van der Waals surface area (Å²) in [7, 11) is -1.78. The molecule has 0 spiro atoms.